The second-order valence-corrected chi connectivity index (χ2v) is 8.52. The molecule has 2 aliphatic carbocycles. The van der Waals surface area contributed by atoms with Crippen molar-refractivity contribution in [1.82, 2.24) is 5.32 Å². The van der Waals surface area contributed by atoms with Gasteiger partial charge in [-0.25, -0.2) is 4.79 Å². The fourth-order valence-electron chi connectivity index (χ4n) is 4.30. The van der Waals surface area contributed by atoms with Crippen LogP contribution in [-0.2, 0) is 9.59 Å². The van der Waals surface area contributed by atoms with E-state index in [4.69, 9.17) is 0 Å². The Labute approximate surface area is 177 Å². The zero-order valence-corrected chi connectivity index (χ0v) is 17.7. The summed E-state index contributed by atoms with van der Waals surface area (Å²) in [6.45, 7) is 3.88. The summed E-state index contributed by atoms with van der Waals surface area (Å²) in [5.74, 6) is -2.53. The molecule has 7 nitrogen and oxygen atoms in total. The minimum Gasteiger partial charge on any atom is -0.481 e. The lowest BCUT2D eigenvalue weighted by Gasteiger charge is -2.29. The molecule has 4 N–H and O–H groups in total. The largest absolute Gasteiger partial charge is 0.481 e. The fraction of sp³-hybridized carbons (Fsp3) is 0.522. The van der Waals surface area contributed by atoms with Crippen molar-refractivity contribution >= 4 is 29.3 Å². The van der Waals surface area contributed by atoms with Gasteiger partial charge < -0.3 is 21.1 Å². The van der Waals surface area contributed by atoms with E-state index < -0.39 is 17.8 Å². The Morgan fingerprint density at radius 2 is 1.37 bits per heavy atom. The van der Waals surface area contributed by atoms with Gasteiger partial charge in [0.2, 0.25) is 5.91 Å². The second-order valence-electron chi connectivity index (χ2n) is 8.52. The Morgan fingerprint density at radius 3 is 1.93 bits per heavy atom. The molecule has 3 amide bonds. The summed E-state index contributed by atoms with van der Waals surface area (Å²) in [5.41, 5.74) is 3.34. The summed E-state index contributed by atoms with van der Waals surface area (Å²) >= 11 is 0. The molecule has 2 aliphatic rings. The van der Waals surface area contributed by atoms with Crippen LogP contribution in [0.5, 0.6) is 0 Å². The molecule has 0 saturated heterocycles. The van der Waals surface area contributed by atoms with Gasteiger partial charge in [-0.1, -0.05) is 30.4 Å². The molecular formula is C23H31N3O4. The van der Waals surface area contributed by atoms with Crippen LogP contribution in [0.3, 0.4) is 0 Å². The summed E-state index contributed by atoms with van der Waals surface area (Å²) in [6, 6.07) is 6.88. The number of allylic oxidation sites excluding steroid dienone is 2. The molecule has 1 aromatic rings. The Morgan fingerprint density at radius 1 is 0.833 bits per heavy atom. The van der Waals surface area contributed by atoms with Gasteiger partial charge in [-0.05, 0) is 63.8 Å². The van der Waals surface area contributed by atoms with E-state index in [0.717, 1.165) is 36.8 Å². The number of carboxylic acids is 1. The zero-order chi connectivity index (χ0) is 21.7. The monoisotopic (exact) mass is 413 g/mol. The minimum absolute atomic E-state index is 0.220. The number of hydrogen-bond donors (Lipinski definition) is 4. The molecule has 0 heterocycles. The molecule has 1 aromatic carbocycles. The zero-order valence-electron chi connectivity index (χ0n) is 17.7. The molecule has 0 aliphatic heterocycles. The highest BCUT2D eigenvalue weighted by Gasteiger charge is 2.37. The first-order valence-electron chi connectivity index (χ1n) is 10.7. The van der Waals surface area contributed by atoms with Gasteiger partial charge in [-0.15, -0.1) is 0 Å². The molecule has 0 radical (unpaired) electrons. The third-order valence-corrected chi connectivity index (χ3v) is 6.27. The number of hydrogen-bond acceptors (Lipinski definition) is 3. The quantitative estimate of drug-likeness (QED) is 0.532. The molecule has 0 aromatic heterocycles. The van der Waals surface area contributed by atoms with Gasteiger partial charge in [0.25, 0.3) is 0 Å². The van der Waals surface area contributed by atoms with E-state index in [2.05, 4.69) is 16.0 Å². The first-order chi connectivity index (χ1) is 14.3. The first-order valence-corrected chi connectivity index (χ1v) is 10.7. The van der Waals surface area contributed by atoms with E-state index in [1.165, 1.54) is 6.42 Å². The number of amides is 3. The van der Waals surface area contributed by atoms with Crippen molar-refractivity contribution in [2.75, 3.05) is 10.6 Å². The highest BCUT2D eigenvalue weighted by molar-refractivity contribution is 5.96. The summed E-state index contributed by atoms with van der Waals surface area (Å²) in [4.78, 5) is 36.5. The summed E-state index contributed by atoms with van der Waals surface area (Å²) < 4.78 is 0. The van der Waals surface area contributed by atoms with Crippen LogP contribution in [0.4, 0.5) is 16.2 Å². The predicted molar refractivity (Wildman–Crippen MR) is 116 cm³/mol. The van der Waals surface area contributed by atoms with Crippen molar-refractivity contribution in [1.29, 1.82) is 0 Å². The number of rotatable bonds is 5. The summed E-state index contributed by atoms with van der Waals surface area (Å²) in [5, 5.41) is 18.2. The minimum atomic E-state index is -0.939. The van der Waals surface area contributed by atoms with Crippen LogP contribution >= 0.6 is 0 Å². The second kappa shape index (κ2) is 9.78. The highest BCUT2D eigenvalue weighted by atomic mass is 16.4. The maximum absolute atomic E-state index is 12.7. The third-order valence-electron chi connectivity index (χ3n) is 6.27. The summed E-state index contributed by atoms with van der Waals surface area (Å²) in [6.07, 6.45) is 6.43. The van der Waals surface area contributed by atoms with Crippen LogP contribution in [0, 0.1) is 11.8 Å². The average Bonchev–Trinajstić information content (AvgIpc) is 2.71. The topological polar surface area (TPSA) is 108 Å². The van der Waals surface area contributed by atoms with Crippen molar-refractivity contribution in [3.63, 3.8) is 0 Å². The molecule has 30 heavy (non-hydrogen) atoms. The van der Waals surface area contributed by atoms with Gasteiger partial charge in [0, 0.05) is 17.4 Å². The molecule has 2 atom stereocenters. The van der Waals surface area contributed by atoms with Crippen molar-refractivity contribution in [2.24, 2.45) is 11.8 Å². The molecule has 0 bridgehead atoms. The van der Waals surface area contributed by atoms with Crippen molar-refractivity contribution in [3.05, 3.63) is 35.4 Å². The number of nitrogens with one attached hydrogen (secondary N) is 3. The first kappa shape index (κ1) is 21.9. The van der Waals surface area contributed by atoms with Gasteiger partial charge in [-0.3, -0.25) is 9.59 Å². The number of urea groups is 1. The standard InChI is InChI=1S/C23H31N3O4/c1-14-12-19(20(22(28)29)13-15(14)2)21(27)24-17-8-10-18(11-9-17)26-23(30)25-16-6-4-3-5-7-16/h8-11,16,19-20H,3-7,12-13H2,1-2H3,(H,24,27)(H,28,29)(H2,25,26,30)/t19-,20-/m1/s1. The highest BCUT2D eigenvalue weighted by Crippen LogP contribution is 2.35. The Balaban J connectivity index is 1.56. The van der Waals surface area contributed by atoms with E-state index in [1.807, 2.05) is 13.8 Å². The van der Waals surface area contributed by atoms with E-state index in [-0.39, 0.29) is 18.0 Å². The van der Waals surface area contributed by atoms with Crippen LogP contribution in [0.1, 0.15) is 58.8 Å². The molecule has 7 heteroatoms. The van der Waals surface area contributed by atoms with Crippen LogP contribution in [0.25, 0.3) is 0 Å². The van der Waals surface area contributed by atoms with Crippen LogP contribution in [0.15, 0.2) is 35.4 Å². The van der Waals surface area contributed by atoms with Gasteiger partial charge in [0.05, 0.1) is 11.8 Å². The number of carbonyl (C=O) groups excluding carboxylic acids is 2. The maximum Gasteiger partial charge on any atom is 0.319 e. The van der Waals surface area contributed by atoms with Crippen LogP contribution in [0.2, 0.25) is 0 Å². The third kappa shape index (κ3) is 5.62. The maximum atomic E-state index is 12.7. The molecular weight excluding hydrogens is 382 g/mol. The van der Waals surface area contributed by atoms with E-state index in [9.17, 15) is 19.5 Å². The van der Waals surface area contributed by atoms with E-state index in [0.29, 0.717) is 24.2 Å². The number of carbonyl (C=O) groups is 3. The normalized spacial score (nSPS) is 22.3. The molecule has 0 unspecified atom stereocenters. The molecule has 3 rings (SSSR count). The molecule has 0 spiro atoms. The van der Waals surface area contributed by atoms with Gasteiger partial charge in [0.1, 0.15) is 0 Å². The number of carboxylic acid groups (broad SMARTS) is 1. The van der Waals surface area contributed by atoms with E-state index >= 15 is 0 Å². The number of aliphatic carboxylic acids is 1. The van der Waals surface area contributed by atoms with E-state index in [1.54, 1.807) is 24.3 Å². The Kier molecular flexibility index (Phi) is 7.13. The van der Waals surface area contributed by atoms with Gasteiger partial charge >= 0.3 is 12.0 Å². The molecule has 1 fully saturated rings. The summed E-state index contributed by atoms with van der Waals surface area (Å²) in [7, 11) is 0. The lowest BCUT2D eigenvalue weighted by atomic mass is 9.76. The molecule has 162 valence electrons. The predicted octanol–water partition coefficient (Wildman–Crippen LogP) is 4.53. The van der Waals surface area contributed by atoms with Crippen LogP contribution < -0.4 is 16.0 Å². The lowest BCUT2D eigenvalue weighted by molar-refractivity contribution is -0.146. The Hall–Kier alpha value is -2.83. The van der Waals surface area contributed by atoms with Crippen molar-refractivity contribution in [3.8, 4) is 0 Å². The number of anilines is 2. The SMILES string of the molecule is CC1=C(C)C[C@@H](C(=O)Nc2ccc(NC(=O)NC3CCCCC3)cc2)[C@H](C(=O)O)C1. The average molecular weight is 414 g/mol. The van der Waals surface area contributed by atoms with Crippen LogP contribution in [-0.4, -0.2) is 29.1 Å². The Bertz CT molecular complexity index is 825. The number of benzene rings is 1. The van der Waals surface area contributed by atoms with Gasteiger partial charge in [-0.2, -0.15) is 0 Å². The fourth-order valence-corrected chi connectivity index (χ4v) is 4.30. The van der Waals surface area contributed by atoms with Crippen molar-refractivity contribution in [2.45, 2.75) is 64.8 Å². The lowest BCUT2D eigenvalue weighted by Crippen LogP contribution is -2.39. The van der Waals surface area contributed by atoms with Gasteiger partial charge in [0.15, 0.2) is 0 Å². The smallest absolute Gasteiger partial charge is 0.319 e. The van der Waals surface area contributed by atoms with Crippen molar-refractivity contribution < 1.29 is 19.5 Å². The molecule has 1 saturated carbocycles.